The Balaban J connectivity index is 1.83. The molecule has 0 bridgehead atoms. The normalized spacial score (nSPS) is 18.4. The summed E-state index contributed by atoms with van der Waals surface area (Å²) in [7, 11) is 1.76. The van der Waals surface area contributed by atoms with Crippen LogP contribution in [0, 0.1) is 18.3 Å². The Hall–Kier alpha value is -2.24. The number of hydrogen-bond acceptors (Lipinski definition) is 2. The summed E-state index contributed by atoms with van der Waals surface area (Å²) in [6.45, 7) is 8.22. The number of benzene rings is 1. The molecule has 1 amide bonds. The number of hydrogen-bond donors (Lipinski definition) is 1. The Morgan fingerprint density at radius 3 is 2.34 bits per heavy atom. The van der Waals surface area contributed by atoms with Crippen LogP contribution in [0.1, 0.15) is 63.9 Å². The molecule has 1 aliphatic carbocycles. The van der Waals surface area contributed by atoms with E-state index < -0.39 is 5.92 Å². The topological polar surface area (TPSA) is 49.0 Å². The number of nitrogens with one attached hydrogen (secondary N) is 1. The maximum atomic E-state index is 13.5. The maximum Gasteiger partial charge on any atom is 0.248 e. The number of aromatic nitrogens is 2. The molecule has 158 valence electrons. The number of amides is 1. The Bertz CT molecular complexity index is 842. The standard InChI is InChI=1S/C23H31F2N3O/c1-15-6-8-16(9-7-15)18-14-26-20(27-18)19(22(2,3)4)28(5)21(29)17-10-12-23(24,25)13-11-17/h6-9,14,17,19H,10-13H2,1-5H3,(H,26,27)/t19-/m1/s1. The minimum absolute atomic E-state index is 0.0753. The van der Waals surface area contributed by atoms with E-state index in [1.807, 2.05) is 31.2 Å². The molecule has 1 atom stereocenters. The number of imidazole rings is 1. The number of aryl methyl sites for hydroxylation is 1. The number of halogens is 2. The number of carbonyl (C=O) groups excluding carboxylic acids is 1. The molecule has 6 heteroatoms. The van der Waals surface area contributed by atoms with Gasteiger partial charge in [0.2, 0.25) is 11.8 Å². The minimum atomic E-state index is -2.64. The third-order valence-corrected chi connectivity index (χ3v) is 5.84. The second-order valence-electron chi connectivity index (χ2n) is 9.40. The first-order valence-corrected chi connectivity index (χ1v) is 10.2. The smallest absolute Gasteiger partial charge is 0.248 e. The average Bonchev–Trinajstić information content (AvgIpc) is 3.10. The molecule has 1 N–H and O–H groups in total. The summed E-state index contributed by atoms with van der Waals surface area (Å²) in [6, 6.07) is 7.89. The van der Waals surface area contributed by atoms with Crippen LogP contribution in [-0.4, -0.2) is 33.7 Å². The van der Waals surface area contributed by atoms with Crippen LogP contribution in [0.3, 0.4) is 0 Å². The van der Waals surface area contributed by atoms with Gasteiger partial charge in [-0.15, -0.1) is 0 Å². The van der Waals surface area contributed by atoms with Gasteiger partial charge in [0.25, 0.3) is 0 Å². The fraction of sp³-hybridized carbons (Fsp3) is 0.565. The summed E-state index contributed by atoms with van der Waals surface area (Å²) in [5.41, 5.74) is 2.84. The Morgan fingerprint density at radius 1 is 1.21 bits per heavy atom. The van der Waals surface area contributed by atoms with E-state index in [1.54, 1.807) is 18.1 Å². The predicted octanol–water partition coefficient (Wildman–Crippen LogP) is 5.76. The number of nitrogens with zero attached hydrogens (tertiary/aromatic N) is 2. The molecule has 0 radical (unpaired) electrons. The fourth-order valence-corrected chi connectivity index (χ4v) is 4.23. The summed E-state index contributed by atoms with van der Waals surface area (Å²) in [4.78, 5) is 22.8. The predicted molar refractivity (Wildman–Crippen MR) is 111 cm³/mol. The van der Waals surface area contributed by atoms with Gasteiger partial charge in [0, 0.05) is 25.8 Å². The van der Waals surface area contributed by atoms with E-state index in [4.69, 9.17) is 0 Å². The van der Waals surface area contributed by atoms with Crippen molar-refractivity contribution < 1.29 is 13.6 Å². The van der Waals surface area contributed by atoms with Crippen molar-refractivity contribution in [3.63, 3.8) is 0 Å². The third kappa shape index (κ3) is 4.85. The van der Waals surface area contributed by atoms with Gasteiger partial charge in [-0.1, -0.05) is 50.6 Å². The molecule has 29 heavy (non-hydrogen) atoms. The van der Waals surface area contributed by atoms with E-state index >= 15 is 0 Å². The SMILES string of the molecule is Cc1ccc(-c2cnc([C@@H](N(C)C(=O)C3CCC(F)(F)CC3)C(C)(C)C)[nH]2)cc1. The highest BCUT2D eigenvalue weighted by molar-refractivity contribution is 5.79. The van der Waals surface area contributed by atoms with Gasteiger partial charge in [0.05, 0.1) is 17.9 Å². The summed E-state index contributed by atoms with van der Waals surface area (Å²) >= 11 is 0. The third-order valence-electron chi connectivity index (χ3n) is 5.84. The van der Waals surface area contributed by atoms with Gasteiger partial charge in [0.1, 0.15) is 5.82 Å². The highest BCUT2D eigenvalue weighted by Crippen LogP contribution is 2.41. The first kappa shape index (κ1) is 21.5. The van der Waals surface area contributed by atoms with Crippen molar-refractivity contribution in [3.05, 3.63) is 41.9 Å². The first-order chi connectivity index (χ1) is 13.5. The molecule has 1 heterocycles. The van der Waals surface area contributed by atoms with Gasteiger partial charge in [-0.25, -0.2) is 13.8 Å². The van der Waals surface area contributed by atoms with Crippen molar-refractivity contribution in [1.82, 2.24) is 14.9 Å². The van der Waals surface area contributed by atoms with Crippen LogP contribution in [0.5, 0.6) is 0 Å². The zero-order chi connectivity index (χ0) is 21.4. The summed E-state index contributed by atoms with van der Waals surface area (Å²) < 4.78 is 27.0. The summed E-state index contributed by atoms with van der Waals surface area (Å²) in [5, 5.41) is 0. The first-order valence-electron chi connectivity index (χ1n) is 10.2. The lowest BCUT2D eigenvalue weighted by molar-refractivity contribution is -0.143. The molecule has 1 fully saturated rings. The Labute approximate surface area is 171 Å². The van der Waals surface area contributed by atoms with Crippen LogP contribution >= 0.6 is 0 Å². The lowest BCUT2D eigenvalue weighted by Gasteiger charge is -2.39. The molecule has 1 saturated carbocycles. The van der Waals surface area contributed by atoms with E-state index in [0.717, 1.165) is 11.3 Å². The molecule has 4 nitrogen and oxygen atoms in total. The van der Waals surface area contributed by atoms with Gasteiger partial charge < -0.3 is 9.88 Å². The van der Waals surface area contributed by atoms with Crippen LogP contribution in [0.2, 0.25) is 0 Å². The van der Waals surface area contributed by atoms with E-state index in [2.05, 4.69) is 30.7 Å². The van der Waals surface area contributed by atoms with Crippen LogP contribution in [0.15, 0.2) is 30.5 Å². The van der Waals surface area contributed by atoms with Crippen molar-refractivity contribution in [3.8, 4) is 11.3 Å². The van der Waals surface area contributed by atoms with Crippen LogP contribution in [-0.2, 0) is 4.79 Å². The average molecular weight is 404 g/mol. The van der Waals surface area contributed by atoms with E-state index in [0.29, 0.717) is 5.82 Å². The number of carbonyl (C=O) groups is 1. The molecular formula is C23H31F2N3O. The van der Waals surface area contributed by atoms with Gasteiger partial charge in [-0.05, 0) is 30.7 Å². The van der Waals surface area contributed by atoms with E-state index in [9.17, 15) is 13.6 Å². The number of H-pyrrole nitrogens is 1. The van der Waals surface area contributed by atoms with Crippen molar-refractivity contribution in [2.75, 3.05) is 7.05 Å². The monoisotopic (exact) mass is 403 g/mol. The summed E-state index contributed by atoms with van der Waals surface area (Å²) in [5.74, 6) is -2.35. The summed E-state index contributed by atoms with van der Waals surface area (Å²) in [6.07, 6.45) is 1.84. The maximum absolute atomic E-state index is 13.5. The molecule has 0 spiro atoms. The van der Waals surface area contributed by atoms with Gasteiger partial charge in [0.15, 0.2) is 0 Å². The number of alkyl halides is 2. The van der Waals surface area contributed by atoms with E-state index in [-0.39, 0.29) is 49.0 Å². The Morgan fingerprint density at radius 2 is 1.79 bits per heavy atom. The molecular weight excluding hydrogens is 372 g/mol. The van der Waals surface area contributed by atoms with Crippen molar-refractivity contribution in [2.24, 2.45) is 11.3 Å². The van der Waals surface area contributed by atoms with Gasteiger partial charge in [-0.3, -0.25) is 4.79 Å². The molecule has 1 aliphatic rings. The van der Waals surface area contributed by atoms with Crippen LogP contribution in [0.4, 0.5) is 8.78 Å². The van der Waals surface area contributed by atoms with Crippen LogP contribution < -0.4 is 0 Å². The highest BCUT2D eigenvalue weighted by atomic mass is 19.3. The fourth-order valence-electron chi connectivity index (χ4n) is 4.23. The largest absolute Gasteiger partial charge is 0.340 e. The Kier molecular flexibility index (Phi) is 5.84. The molecule has 3 rings (SSSR count). The molecule has 0 saturated heterocycles. The highest BCUT2D eigenvalue weighted by Gasteiger charge is 2.41. The quantitative estimate of drug-likeness (QED) is 0.706. The van der Waals surface area contributed by atoms with Crippen LogP contribution in [0.25, 0.3) is 11.3 Å². The number of rotatable bonds is 4. The second kappa shape index (κ2) is 7.88. The second-order valence-corrected chi connectivity index (χ2v) is 9.40. The molecule has 1 aromatic heterocycles. The zero-order valence-electron chi connectivity index (χ0n) is 17.9. The zero-order valence-corrected chi connectivity index (χ0v) is 17.9. The molecule has 0 unspecified atom stereocenters. The van der Waals surface area contributed by atoms with Gasteiger partial charge >= 0.3 is 0 Å². The lowest BCUT2D eigenvalue weighted by atomic mass is 9.82. The minimum Gasteiger partial charge on any atom is -0.340 e. The molecule has 1 aromatic carbocycles. The van der Waals surface area contributed by atoms with Gasteiger partial charge in [-0.2, -0.15) is 0 Å². The molecule has 2 aromatic rings. The van der Waals surface area contributed by atoms with E-state index in [1.165, 1.54) is 5.56 Å². The van der Waals surface area contributed by atoms with Crippen molar-refractivity contribution in [2.45, 2.75) is 65.3 Å². The van der Waals surface area contributed by atoms with Crippen molar-refractivity contribution in [1.29, 1.82) is 0 Å². The lowest BCUT2D eigenvalue weighted by Crippen LogP contribution is -2.43. The number of aromatic amines is 1. The van der Waals surface area contributed by atoms with Crippen molar-refractivity contribution >= 4 is 5.91 Å². The molecule has 0 aliphatic heterocycles.